The van der Waals surface area contributed by atoms with Crippen LogP contribution in [0.15, 0.2) is 364 Å². The molecule has 0 fully saturated rings. The van der Waals surface area contributed by atoms with Gasteiger partial charge in [-0.1, -0.05) is 297 Å². The van der Waals surface area contributed by atoms with Gasteiger partial charge in [-0.15, -0.1) is 0 Å². The number of hydrogen-bond acceptors (Lipinski definition) is 2. The van der Waals surface area contributed by atoms with Gasteiger partial charge < -0.3 is 4.57 Å². The molecule has 0 aliphatic carbocycles. The normalized spacial score (nSPS) is 12.2. The van der Waals surface area contributed by atoms with Crippen molar-refractivity contribution in [2.75, 3.05) is 0 Å². The Morgan fingerprint density at radius 1 is 0.177 bits per heavy atom. The molecule has 0 amide bonds. The fourth-order valence-electron chi connectivity index (χ4n) is 16.3. The first kappa shape index (κ1) is 55.4. The predicted octanol–water partition coefficient (Wildman–Crippen LogP) is 15.6. The molecule has 0 bridgehead atoms. The molecule has 0 aliphatic rings. The highest BCUT2D eigenvalue weighted by molar-refractivity contribution is 7.20. The lowest BCUT2D eigenvalue weighted by Crippen LogP contribution is -2.74. The first-order valence-electron chi connectivity index (χ1n) is 33.0. The highest BCUT2D eigenvalue weighted by Gasteiger charge is 2.43. The zero-order valence-electron chi connectivity index (χ0n) is 52.3. The van der Waals surface area contributed by atoms with Crippen LogP contribution in [-0.4, -0.2) is 44.4 Å². The molecular formula is C88H60N6Si2. The molecule has 14 aromatic carbocycles. The molecule has 96 heavy (non-hydrogen) atoms. The lowest BCUT2D eigenvalue weighted by Gasteiger charge is -2.34. The van der Waals surface area contributed by atoms with Crippen LogP contribution in [0.25, 0.3) is 110 Å². The summed E-state index contributed by atoms with van der Waals surface area (Å²) in [5, 5.41) is 19.9. The highest BCUT2D eigenvalue weighted by Crippen LogP contribution is 2.40. The van der Waals surface area contributed by atoms with Gasteiger partial charge in [0, 0.05) is 54.8 Å². The number of hydrogen-bond donors (Lipinski definition) is 0. The zero-order chi connectivity index (χ0) is 63.3. The number of fused-ring (bicyclic) bond motifs is 12. The number of nitrogens with zero attached hydrogens (tertiary/aromatic N) is 6. The molecule has 19 aromatic rings. The summed E-state index contributed by atoms with van der Waals surface area (Å²) in [5.74, 6) is 2.08. The van der Waals surface area contributed by atoms with Crippen molar-refractivity contribution in [1.82, 2.24) is 28.2 Å². The van der Waals surface area contributed by atoms with Crippen LogP contribution in [-0.2, 0) is 0 Å². The van der Waals surface area contributed by atoms with E-state index in [9.17, 15) is 0 Å². The van der Waals surface area contributed by atoms with Crippen LogP contribution in [0.5, 0.6) is 0 Å². The molecule has 8 heteroatoms. The van der Waals surface area contributed by atoms with E-state index in [1.54, 1.807) is 0 Å². The van der Waals surface area contributed by atoms with Crippen LogP contribution in [0.3, 0.4) is 0 Å². The van der Waals surface area contributed by atoms with Crippen LogP contribution in [0, 0.1) is 0 Å². The summed E-state index contributed by atoms with van der Waals surface area (Å²) in [4.78, 5) is 11.8. The molecule has 5 aromatic heterocycles. The summed E-state index contributed by atoms with van der Waals surface area (Å²) in [7, 11) is -5.87. The minimum absolute atomic E-state index is 0.565. The summed E-state index contributed by atoms with van der Waals surface area (Å²) < 4.78 is 9.48. The van der Waals surface area contributed by atoms with Gasteiger partial charge in [-0.25, -0.2) is 0 Å². The summed E-state index contributed by atoms with van der Waals surface area (Å²) in [6, 6.07) is 135. The second-order valence-corrected chi connectivity index (χ2v) is 32.8. The monoisotopic (exact) mass is 1260 g/mol. The lowest BCUT2D eigenvalue weighted by atomic mass is 10.1. The van der Waals surface area contributed by atoms with E-state index in [0.717, 1.165) is 82.7 Å². The van der Waals surface area contributed by atoms with Gasteiger partial charge in [0.05, 0.1) is 44.1 Å². The van der Waals surface area contributed by atoms with E-state index in [1.165, 1.54) is 63.3 Å². The van der Waals surface area contributed by atoms with E-state index in [4.69, 9.17) is 9.97 Å². The Labute approximate surface area is 556 Å². The second-order valence-electron chi connectivity index (χ2n) is 25.2. The van der Waals surface area contributed by atoms with Gasteiger partial charge >= 0.3 is 0 Å². The molecule has 0 saturated carbocycles. The minimum Gasteiger partial charge on any atom is -0.309 e. The van der Waals surface area contributed by atoms with Gasteiger partial charge in [0.2, 0.25) is 5.95 Å². The molecule has 0 saturated heterocycles. The molecule has 0 aliphatic heterocycles. The first-order valence-corrected chi connectivity index (χ1v) is 37.0. The maximum atomic E-state index is 5.91. The molecule has 5 heterocycles. The molecule has 0 radical (unpaired) electrons. The van der Waals surface area contributed by atoms with E-state index >= 15 is 0 Å². The van der Waals surface area contributed by atoms with E-state index in [0.29, 0.717) is 5.95 Å². The Morgan fingerprint density at radius 2 is 0.427 bits per heavy atom. The Bertz CT molecular complexity index is 5690. The standard InChI is InChI=1S/C88H60N6Si2/c1-7-29-62(30-8-1)95(63-31-9-2-10-32-63,64-33-11-3-12-34-64)68-52-55-83-76(58-68)73-44-21-26-48-80(73)92(83)86-60-87(90-88(89-86)94-82-50-28-23-43-72(82)75-57-61(51-54-85(75)94)91-78-46-24-19-41-70(78)71-42-20-25-47-79(71)91)93-81-49-27-22-45-74(81)77-59-69(53-56-84(77)93)96(65-35-13-4-14-36-65,66-37-15-5-16-38-66)67-39-17-6-18-40-67/h1-60H. The summed E-state index contributed by atoms with van der Waals surface area (Å²) in [6.45, 7) is 0. The van der Waals surface area contributed by atoms with Crippen molar-refractivity contribution in [3.63, 3.8) is 0 Å². The largest absolute Gasteiger partial charge is 0.309 e. The zero-order valence-corrected chi connectivity index (χ0v) is 54.3. The number of para-hydroxylation sites is 5. The van der Waals surface area contributed by atoms with Crippen LogP contribution >= 0.6 is 0 Å². The third kappa shape index (κ3) is 8.29. The average Bonchev–Trinajstić information content (AvgIpc) is 1.16. The third-order valence-electron chi connectivity index (χ3n) is 20.3. The minimum atomic E-state index is -2.93. The summed E-state index contributed by atoms with van der Waals surface area (Å²) in [6.07, 6.45) is 0. The summed E-state index contributed by atoms with van der Waals surface area (Å²) >= 11 is 0. The topological polar surface area (TPSA) is 45.5 Å². The Balaban J connectivity index is 0.891. The quantitative estimate of drug-likeness (QED) is 0.0904. The maximum absolute atomic E-state index is 5.91. The Hall–Kier alpha value is -12.2. The Morgan fingerprint density at radius 3 is 0.771 bits per heavy atom. The van der Waals surface area contributed by atoms with Crippen LogP contribution in [0.4, 0.5) is 0 Å². The van der Waals surface area contributed by atoms with Gasteiger partial charge in [0.25, 0.3) is 0 Å². The van der Waals surface area contributed by atoms with Crippen molar-refractivity contribution in [3.8, 4) is 23.3 Å². The van der Waals surface area contributed by atoms with Crippen LogP contribution < -0.4 is 41.5 Å². The van der Waals surface area contributed by atoms with Crippen molar-refractivity contribution >= 4 is 145 Å². The number of aromatic nitrogens is 6. The molecule has 450 valence electrons. The average molecular weight is 1260 g/mol. The Kier molecular flexibility index (Phi) is 12.8. The van der Waals surface area contributed by atoms with Crippen molar-refractivity contribution in [2.24, 2.45) is 0 Å². The predicted molar refractivity (Wildman–Crippen MR) is 407 cm³/mol. The van der Waals surface area contributed by atoms with Gasteiger partial charge in [0.1, 0.15) is 11.6 Å². The van der Waals surface area contributed by atoms with Gasteiger partial charge in [-0.3, -0.25) is 13.7 Å². The van der Waals surface area contributed by atoms with Crippen molar-refractivity contribution in [1.29, 1.82) is 0 Å². The SMILES string of the molecule is c1ccc([Si](c2ccccc2)(c2ccccc2)c2ccc3c(c2)c2ccccc2n3-c2cc(-n3c4ccccc4c4cc([Si](c5ccccc5)(c5ccccc5)c5ccccc5)ccc43)nc(-n3c4ccccc4c4cc(-n5c6ccccc6c6ccccc65)ccc43)n2)cc1. The molecular weight excluding hydrogens is 1200 g/mol. The molecule has 0 N–H and O–H groups in total. The third-order valence-corrected chi connectivity index (χ3v) is 29.8. The maximum Gasteiger partial charge on any atom is 0.238 e. The van der Waals surface area contributed by atoms with Gasteiger partial charge in [-0.2, -0.15) is 9.97 Å². The van der Waals surface area contributed by atoms with Crippen molar-refractivity contribution in [2.45, 2.75) is 0 Å². The fraction of sp³-hybridized carbons (Fsp3) is 0. The second kappa shape index (κ2) is 22.2. The highest BCUT2D eigenvalue weighted by atomic mass is 28.3. The van der Waals surface area contributed by atoms with Crippen LogP contribution in [0.2, 0.25) is 0 Å². The molecule has 0 unspecified atom stereocenters. The van der Waals surface area contributed by atoms with Gasteiger partial charge in [0.15, 0.2) is 16.1 Å². The number of rotatable bonds is 12. The number of benzene rings is 14. The molecule has 6 nitrogen and oxygen atoms in total. The molecule has 0 spiro atoms. The molecule has 0 atom stereocenters. The van der Waals surface area contributed by atoms with E-state index in [2.05, 4.69) is 382 Å². The lowest BCUT2D eigenvalue weighted by molar-refractivity contribution is 0.918. The molecule has 19 rings (SSSR count). The smallest absolute Gasteiger partial charge is 0.238 e. The van der Waals surface area contributed by atoms with E-state index < -0.39 is 16.1 Å². The van der Waals surface area contributed by atoms with Gasteiger partial charge in [-0.05, 0) is 102 Å². The van der Waals surface area contributed by atoms with E-state index in [-0.39, 0.29) is 0 Å². The fourth-order valence-corrected chi connectivity index (χ4v) is 25.8. The van der Waals surface area contributed by atoms with Crippen molar-refractivity contribution < 1.29 is 0 Å². The van der Waals surface area contributed by atoms with E-state index in [1.807, 2.05) is 0 Å². The summed E-state index contributed by atoms with van der Waals surface area (Å²) in [5.41, 5.74) is 9.67. The van der Waals surface area contributed by atoms with Crippen molar-refractivity contribution in [3.05, 3.63) is 364 Å². The first-order chi connectivity index (χ1) is 47.6. The van der Waals surface area contributed by atoms with Crippen LogP contribution in [0.1, 0.15) is 0 Å².